The van der Waals surface area contributed by atoms with Crippen molar-refractivity contribution in [1.29, 1.82) is 0 Å². The molecule has 1 aromatic carbocycles. The zero-order chi connectivity index (χ0) is 15.5. The first kappa shape index (κ1) is 15.1. The number of thioether (sulfide) groups is 1. The molecule has 0 saturated carbocycles. The number of aromatic nitrogens is 2. The van der Waals surface area contributed by atoms with E-state index in [-0.39, 0.29) is 11.5 Å². The van der Waals surface area contributed by atoms with Crippen LogP contribution < -0.4 is 5.56 Å². The Morgan fingerprint density at radius 1 is 1.45 bits per heavy atom. The quantitative estimate of drug-likeness (QED) is 0.696. The van der Waals surface area contributed by atoms with Crippen LogP contribution in [0.4, 0.5) is 0 Å². The highest BCUT2D eigenvalue weighted by Crippen LogP contribution is 2.19. The average Bonchev–Trinajstić information content (AvgIpc) is 2.53. The van der Waals surface area contributed by atoms with Gasteiger partial charge in [0.15, 0.2) is 5.16 Å². The predicted molar refractivity (Wildman–Crippen MR) is 88.1 cm³/mol. The minimum Gasteiger partial charge on any atom is -0.342 e. The molecule has 1 amide bonds. The van der Waals surface area contributed by atoms with E-state index in [1.54, 1.807) is 6.07 Å². The van der Waals surface area contributed by atoms with E-state index >= 15 is 0 Å². The first-order valence-corrected chi connectivity index (χ1v) is 8.51. The van der Waals surface area contributed by atoms with E-state index in [1.165, 1.54) is 18.2 Å². The maximum atomic E-state index is 12.3. The van der Waals surface area contributed by atoms with Gasteiger partial charge in [-0.25, -0.2) is 4.98 Å². The largest absolute Gasteiger partial charge is 0.342 e. The molecular weight excluding hydrogens is 298 g/mol. The van der Waals surface area contributed by atoms with E-state index < -0.39 is 0 Å². The molecule has 22 heavy (non-hydrogen) atoms. The lowest BCUT2D eigenvalue weighted by Crippen LogP contribution is -2.40. The van der Waals surface area contributed by atoms with Gasteiger partial charge in [-0.15, -0.1) is 0 Å². The first-order valence-electron chi connectivity index (χ1n) is 7.53. The highest BCUT2D eigenvalue weighted by Gasteiger charge is 2.21. The number of piperidine rings is 1. The second-order valence-corrected chi connectivity index (χ2v) is 6.73. The molecule has 3 rings (SSSR count). The fourth-order valence-corrected chi connectivity index (χ4v) is 3.54. The van der Waals surface area contributed by atoms with Gasteiger partial charge >= 0.3 is 0 Å². The number of likely N-dealkylation sites (tertiary alicyclic amines) is 1. The summed E-state index contributed by atoms with van der Waals surface area (Å²) in [6.07, 6.45) is 2.26. The van der Waals surface area contributed by atoms with Gasteiger partial charge in [0.25, 0.3) is 5.56 Å². The molecule has 5 nitrogen and oxygen atoms in total. The molecule has 1 N–H and O–H groups in total. The van der Waals surface area contributed by atoms with E-state index in [1.807, 2.05) is 23.1 Å². The number of nitrogens with zero attached hydrogens (tertiary/aromatic N) is 2. The number of aromatic amines is 1. The highest BCUT2D eigenvalue weighted by atomic mass is 32.2. The van der Waals surface area contributed by atoms with Crippen LogP contribution in [0.15, 0.2) is 34.2 Å². The van der Waals surface area contributed by atoms with E-state index in [0.717, 1.165) is 19.5 Å². The molecule has 1 atom stereocenters. The molecule has 1 aliphatic heterocycles. The molecule has 2 aromatic rings. The molecule has 0 aliphatic carbocycles. The van der Waals surface area contributed by atoms with Gasteiger partial charge in [0.05, 0.1) is 16.7 Å². The van der Waals surface area contributed by atoms with Crippen LogP contribution >= 0.6 is 11.8 Å². The molecule has 2 heterocycles. The van der Waals surface area contributed by atoms with Gasteiger partial charge < -0.3 is 9.88 Å². The molecule has 1 aromatic heterocycles. The lowest BCUT2D eigenvalue weighted by atomic mass is 10.0. The van der Waals surface area contributed by atoms with Crippen molar-refractivity contribution < 1.29 is 4.79 Å². The number of carbonyl (C=O) groups excluding carboxylic acids is 1. The molecule has 0 spiro atoms. The number of hydrogen-bond acceptors (Lipinski definition) is 4. The number of rotatable bonds is 3. The number of H-pyrrole nitrogens is 1. The number of benzene rings is 1. The van der Waals surface area contributed by atoms with Crippen LogP contribution in [0, 0.1) is 5.92 Å². The van der Waals surface area contributed by atoms with Crippen molar-refractivity contribution in [3.05, 3.63) is 34.6 Å². The predicted octanol–water partition coefficient (Wildman–Crippen LogP) is 2.27. The standard InChI is InChI=1S/C16H19N3O2S/c1-11-5-4-8-19(9-11)14(20)10-22-16-17-13-7-3-2-6-12(13)15(21)18-16/h2-3,6-7,11H,4-5,8-10H2,1H3,(H,17,18,21)/t11-/m1/s1. The average molecular weight is 317 g/mol. The molecule has 1 aliphatic rings. The monoisotopic (exact) mass is 317 g/mol. The molecule has 1 saturated heterocycles. The van der Waals surface area contributed by atoms with Crippen LogP contribution in [-0.2, 0) is 4.79 Å². The highest BCUT2D eigenvalue weighted by molar-refractivity contribution is 7.99. The lowest BCUT2D eigenvalue weighted by Gasteiger charge is -2.30. The number of para-hydroxylation sites is 1. The van der Waals surface area contributed by atoms with E-state index in [2.05, 4.69) is 16.9 Å². The summed E-state index contributed by atoms with van der Waals surface area (Å²) in [5.74, 6) is 1.00. The summed E-state index contributed by atoms with van der Waals surface area (Å²) >= 11 is 1.29. The van der Waals surface area contributed by atoms with Crippen LogP contribution in [0.3, 0.4) is 0 Å². The third-order valence-corrected chi connectivity index (χ3v) is 4.79. The third kappa shape index (κ3) is 3.32. The summed E-state index contributed by atoms with van der Waals surface area (Å²) < 4.78 is 0. The minimum absolute atomic E-state index is 0.118. The summed E-state index contributed by atoms with van der Waals surface area (Å²) in [7, 11) is 0. The Kier molecular flexibility index (Phi) is 4.47. The topological polar surface area (TPSA) is 66.1 Å². The van der Waals surface area contributed by atoms with Crippen LogP contribution in [-0.4, -0.2) is 39.6 Å². The summed E-state index contributed by atoms with van der Waals surface area (Å²) in [4.78, 5) is 33.3. The maximum Gasteiger partial charge on any atom is 0.259 e. The van der Waals surface area contributed by atoms with Gasteiger partial charge in [0, 0.05) is 13.1 Å². The summed E-state index contributed by atoms with van der Waals surface area (Å²) in [6, 6.07) is 7.22. The van der Waals surface area contributed by atoms with Crippen molar-refractivity contribution in [2.45, 2.75) is 24.9 Å². The number of carbonyl (C=O) groups is 1. The maximum absolute atomic E-state index is 12.3. The molecule has 1 fully saturated rings. The van der Waals surface area contributed by atoms with E-state index in [4.69, 9.17) is 0 Å². The smallest absolute Gasteiger partial charge is 0.259 e. The first-order chi connectivity index (χ1) is 10.6. The van der Waals surface area contributed by atoms with Crippen molar-refractivity contribution >= 4 is 28.6 Å². The van der Waals surface area contributed by atoms with Crippen LogP contribution in [0.5, 0.6) is 0 Å². The van der Waals surface area contributed by atoms with Gasteiger partial charge in [-0.2, -0.15) is 0 Å². The lowest BCUT2D eigenvalue weighted by molar-refractivity contribution is -0.130. The number of fused-ring (bicyclic) bond motifs is 1. The zero-order valence-electron chi connectivity index (χ0n) is 12.5. The Labute approximate surface area is 133 Å². The number of amides is 1. The summed E-state index contributed by atoms with van der Waals surface area (Å²) in [6.45, 7) is 3.85. The number of nitrogens with one attached hydrogen (secondary N) is 1. The fraction of sp³-hybridized carbons (Fsp3) is 0.438. The van der Waals surface area contributed by atoms with Gasteiger partial charge in [0.1, 0.15) is 0 Å². The van der Waals surface area contributed by atoms with Crippen LogP contribution in [0.2, 0.25) is 0 Å². The fourth-order valence-electron chi connectivity index (χ4n) is 2.77. The normalized spacial score (nSPS) is 18.6. The van der Waals surface area contributed by atoms with Gasteiger partial charge in [-0.05, 0) is 30.9 Å². The van der Waals surface area contributed by atoms with Gasteiger partial charge in [0.2, 0.25) is 5.91 Å². The van der Waals surface area contributed by atoms with Crippen molar-refractivity contribution in [3.8, 4) is 0 Å². The van der Waals surface area contributed by atoms with Crippen molar-refractivity contribution in [3.63, 3.8) is 0 Å². The minimum atomic E-state index is -0.160. The second-order valence-electron chi connectivity index (χ2n) is 5.76. The van der Waals surface area contributed by atoms with Crippen LogP contribution in [0.25, 0.3) is 10.9 Å². The SMILES string of the molecule is C[C@@H]1CCCN(C(=O)CSc2nc3ccccc3c(=O)[nH]2)C1. The van der Waals surface area contributed by atoms with Crippen molar-refractivity contribution in [2.75, 3.05) is 18.8 Å². The Bertz CT molecular complexity index is 743. The Morgan fingerprint density at radius 2 is 2.27 bits per heavy atom. The van der Waals surface area contributed by atoms with Gasteiger partial charge in [-0.3, -0.25) is 9.59 Å². The molecule has 6 heteroatoms. The van der Waals surface area contributed by atoms with Crippen molar-refractivity contribution in [2.24, 2.45) is 5.92 Å². The summed E-state index contributed by atoms with van der Waals surface area (Å²) in [5.41, 5.74) is 0.500. The van der Waals surface area contributed by atoms with Crippen LogP contribution in [0.1, 0.15) is 19.8 Å². The third-order valence-electron chi connectivity index (χ3n) is 3.93. The van der Waals surface area contributed by atoms with E-state index in [0.29, 0.717) is 27.7 Å². The van der Waals surface area contributed by atoms with E-state index in [9.17, 15) is 9.59 Å². The second kappa shape index (κ2) is 6.52. The Hall–Kier alpha value is -1.82. The zero-order valence-corrected chi connectivity index (χ0v) is 13.4. The molecule has 116 valence electrons. The molecule has 0 unspecified atom stereocenters. The molecule has 0 bridgehead atoms. The molecular formula is C16H19N3O2S. The summed E-state index contributed by atoms with van der Waals surface area (Å²) in [5, 5.41) is 1.07. The number of hydrogen-bond donors (Lipinski definition) is 1. The van der Waals surface area contributed by atoms with Crippen molar-refractivity contribution in [1.82, 2.24) is 14.9 Å². The Balaban J connectivity index is 1.68. The molecule has 0 radical (unpaired) electrons. The Morgan fingerprint density at radius 3 is 3.09 bits per heavy atom. The van der Waals surface area contributed by atoms with Gasteiger partial charge in [-0.1, -0.05) is 30.8 Å².